The number of ether oxygens (including phenoxy) is 2. The van der Waals surface area contributed by atoms with Gasteiger partial charge >= 0.3 is 0 Å². The molecule has 1 rings (SSSR count). The van der Waals surface area contributed by atoms with Gasteiger partial charge in [0.05, 0.1) is 12.2 Å². The first-order valence-corrected chi connectivity index (χ1v) is 8.54. The Labute approximate surface area is 158 Å². The first-order chi connectivity index (χ1) is 10.7. The molecule has 7 heteroatoms. The van der Waals surface area contributed by atoms with E-state index in [1.165, 1.54) is 0 Å². The molecule has 0 radical (unpaired) electrons. The van der Waals surface area contributed by atoms with Crippen LogP contribution in [0.15, 0.2) is 4.99 Å². The summed E-state index contributed by atoms with van der Waals surface area (Å²) >= 11 is 0. The molecule has 0 aromatic rings. The lowest BCUT2D eigenvalue weighted by Gasteiger charge is -2.35. The highest BCUT2D eigenvalue weighted by Crippen LogP contribution is 2.10. The molecule has 1 saturated heterocycles. The molecular weight excluding hydrogens is 407 g/mol. The van der Waals surface area contributed by atoms with Gasteiger partial charge in [0.1, 0.15) is 0 Å². The maximum atomic E-state index is 5.76. The topological polar surface area (TPSA) is 58.1 Å². The third-order valence-electron chi connectivity index (χ3n) is 3.56. The molecule has 0 aromatic carbocycles. The average Bonchev–Trinajstić information content (AvgIpc) is 2.47. The van der Waals surface area contributed by atoms with Crippen LogP contribution in [0.5, 0.6) is 0 Å². The van der Waals surface area contributed by atoms with Crippen LogP contribution < -0.4 is 10.6 Å². The van der Waals surface area contributed by atoms with E-state index in [1.54, 1.807) is 7.11 Å². The van der Waals surface area contributed by atoms with Gasteiger partial charge in [0.25, 0.3) is 0 Å². The predicted octanol–water partition coefficient (Wildman–Crippen LogP) is 1.70. The van der Waals surface area contributed by atoms with E-state index >= 15 is 0 Å². The van der Waals surface area contributed by atoms with Crippen molar-refractivity contribution < 1.29 is 9.47 Å². The molecule has 1 heterocycles. The second-order valence-corrected chi connectivity index (χ2v) is 5.90. The molecule has 0 saturated carbocycles. The van der Waals surface area contributed by atoms with Gasteiger partial charge in [-0.25, -0.2) is 0 Å². The fraction of sp³-hybridized carbons (Fsp3) is 0.938. The molecule has 1 aliphatic heterocycles. The summed E-state index contributed by atoms with van der Waals surface area (Å²) in [5, 5.41) is 6.68. The van der Waals surface area contributed by atoms with Crippen LogP contribution in [0.4, 0.5) is 0 Å². The number of hydrogen-bond acceptors (Lipinski definition) is 4. The van der Waals surface area contributed by atoms with E-state index < -0.39 is 0 Å². The number of guanidine groups is 1. The Kier molecular flexibility index (Phi) is 14.2. The maximum absolute atomic E-state index is 5.76. The summed E-state index contributed by atoms with van der Waals surface area (Å²) in [5.41, 5.74) is 0. The monoisotopic (exact) mass is 442 g/mol. The molecule has 0 aliphatic carbocycles. The van der Waals surface area contributed by atoms with Crippen molar-refractivity contribution in [3.8, 4) is 0 Å². The van der Waals surface area contributed by atoms with E-state index in [0.29, 0.717) is 12.2 Å². The zero-order valence-corrected chi connectivity index (χ0v) is 17.5. The molecule has 0 spiro atoms. The highest BCUT2D eigenvalue weighted by molar-refractivity contribution is 14.0. The Bertz CT molecular complexity index is 308. The maximum Gasteiger partial charge on any atom is 0.191 e. The summed E-state index contributed by atoms with van der Waals surface area (Å²) in [6, 6.07) is 0. The van der Waals surface area contributed by atoms with Crippen molar-refractivity contribution in [3.05, 3.63) is 0 Å². The summed E-state index contributed by atoms with van der Waals surface area (Å²) in [4.78, 5) is 7.03. The normalized spacial score (nSPS) is 22.5. The Balaban J connectivity index is 0.00000484. The third kappa shape index (κ3) is 11.1. The van der Waals surface area contributed by atoms with Crippen LogP contribution in [-0.2, 0) is 9.47 Å². The number of nitrogens with zero attached hydrogens (tertiary/aromatic N) is 2. The minimum absolute atomic E-state index is 0. The molecule has 1 fully saturated rings. The zero-order valence-electron chi connectivity index (χ0n) is 15.1. The van der Waals surface area contributed by atoms with Crippen LogP contribution in [0.3, 0.4) is 0 Å². The lowest BCUT2D eigenvalue weighted by Crippen LogP contribution is -2.46. The molecular formula is C16H35IN4O2. The van der Waals surface area contributed by atoms with Crippen molar-refractivity contribution in [2.75, 3.05) is 53.0 Å². The fourth-order valence-corrected chi connectivity index (χ4v) is 2.72. The van der Waals surface area contributed by atoms with Crippen LogP contribution in [0.25, 0.3) is 0 Å². The first kappa shape index (κ1) is 22.9. The largest absolute Gasteiger partial charge is 0.385 e. The van der Waals surface area contributed by atoms with E-state index in [2.05, 4.69) is 41.3 Å². The minimum atomic E-state index is 0. The van der Waals surface area contributed by atoms with Gasteiger partial charge in [-0.1, -0.05) is 0 Å². The van der Waals surface area contributed by atoms with Gasteiger partial charge < -0.3 is 20.1 Å². The van der Waals surface area contributed by atoms with Crippen LogP contribution >= 0.6 is 24.0 Å². The number of rotatable bonds is 9. The first-order valence-electron chi connectivity index (χ1n) is 8.54. The lowest BCUT2D eigenvalue weighted by molar-refractivity contribution is -0.0679. The summed E-state index contributed by atoms with van der Waals surface area (Å²) in [6.07, 6.45) is 2.76. The van der Waals surface area contributed by atoms with Gasteiger partial charge in [0.2, 0.25) is 0 Å². The fourth-order valence-electron chi connectivity index (χ4n) is 2.72. The summed E-state index contributed by atoms with van der Waals surface area (Å²) in [5.74, 6) is 0.905. The second kappa shape index (κ2) is 14.2. The molecule has 0 bridgehead atoms. The SMILES string of the molecule is CCNC(=NCCCOC)NCCCN1CC(C)OC(C)C1.I. The summed E-state index contributed by atoms with van der Waals surface area (Å²) < 4.78 is 10.8. The standard InChI is InChI=1S/C16H34N4O2.HI/c1-5-17-16(19-9-7-11-21-4)18-8-6-10-20-12-14(2)22-15(3)13-20;/h14-15H,5-13H2,1-4H3,(H2,17,18,19);1H. The smallest absolute Gasteiger partial charge is 0.191 e. The van der Waals surface area contributed by atoms with Crippen molar-refractivity contribution in [3.63, 3.8) is 0 Å². The Morgan fingerprint density at radius 1 is 1.22 bits per heavy atom. The predicted molar refractivity (Wildman–Crippen MR) is 107 cm³/mol. The molecule has 2 atom stereocenters. The van der Waals surface area contributed by atoms with Crippen LogP contribution in [-0.4, -0.2) is 76.1 Å². The van der Waals surface area contributed by atoms with Crippen LogP contribution in [0, 0.1) is 0 Å². The molecule has 6 nitrogen and oxygen atoms in total. The van der Waals surface area contributed by atoms with Crippen molar-refractivity contribution >= 4 is 29.9 Å². The average molecular weight is 442 g/mol. The van der Waals surface area contributed by atoms with E-state index in [1.807, 2.05) is 0 Å². The van der Waals surface area contributed by atoms with E-state index in [4.69, 9.17) is 9.47 Å². The summed E-state index contributed by atoms with van der Waals surface area (Å²) in [7, 11) is 1.72. The third-order valence-corrected chi connectivity index (χ3v) is 3.56. The van der Waals surface area contributed by atoms with Crippen molar-refractivity contribution in [2.24, 2.45) is 4.99 Å². The van der Waals surface area contributed by atoms with Gasteiger partial charge in [-0.05, 0) is 33.6 Å². The van der Waals surface area contributed by atoms with E-state index in [-0.39, 0.29) is 24.0 Å². The Hall–Kier alpha value is -0.120. The number of morpholine rings is 1. The molecule has 0 amide bonds. The second-order valence-electron chi connectivity index (χ2n) is 5.90. The van der Waals surface area contributed by atoms with Gasteiger partial charge in [0, 0.05) is 53.0 Å². The Morgan fingerprint density at radius 3 is 2.52 bits per heavy atom. The van der Waals surface area contributed by atoms with E-state index in [0.717, 1.165) is 64.7 Å². The van der Waals surface area contributed by atoms with Crippen molar-refractivity contribution in [2.45, 2.75) is 45.8 Å². The highest BCUT2D eigenvalue weighted by atomic mass is 127. The molecule has 2 unspecified atom stereocenters. The molecule has 2 N–H and O–H groups in total. The van der Waals surface area contributed by atoms with E-state index in [9.17, 15) is 0 Å². The van der Waals surface area contributed by atoms with Gasteiger partial charge in [-0.2, -0.15) is 0 Å². The number of methoxy groups -OCH3 is 1. The molecule has 23 heavy (non-hydrogen) atoms. The zero-order chi connectivity index (χ0) is 16.2. The summed E-state index contributed by atoms with van der Waals surface area (Å²) in [6.45, 7) is 12.9. The highest BCUT2D eigenvalue weighted by Gasteiger charge is 2.21. The Morgan fingerprint density at radius 2 is 1.91 bits per heavy atom. The quantitative estimate of drug-likeness (QED) is 0.247. The minimum Gasteiger partial charge on any atom is -0.385 e. The van der Waals surface area contributed by atoms with Crippen LogP contribution in [0.1, 0.15) is 33.6 Å². The molecule has 138 valence electrons. The van der Waals surface area contributed by atoms with Crippen molar-refractivity contribution in [1.29, 1.82) is 0 Å². The number of hydrogen-bond donors (Lipinski definition) is 2. The van der Waals surface area contributed by atoms with Gasteiger partial charge in [0.15, 0.2) is 5.96 Å². The number of halogens is 1. The van der Waals surface area contributed by atoms with Crippen molar-refractivity contribution in [1.82, 2.24) is 15.5 Å². The number of aliphatic imine (C=N–C) groups is 1. The lowest BCUT2D eigenvalue weighted by atomic mass is 10.2. The molecule has 0 aromatic heterocycles. The van der Waals surface area contributed by atoms with Gasteiger partial charge in [-0.3, -0.25) is 9.89 Å². The number of nitrogens with one attached hydrogen (secondary N) is 2. The molecule has 1 aliphatic rings. The van der Waals surface area contributed by atoms with Gasteiger partial charge in [-0.15, -0.1) is 24.0 Å². The van der Waals surface area contributed by atoms with Crippen LogP contribution in [0.2, 0.25) is 0 Å².